The predicted octanol–water partition coefficient (Wildman–Crippen LogP) is 21.6. The molecule has 1 aliphatic heterocycles. The van der Waals surface area contributed by atoms with Crippen molar-refractivity contribution in [2.75, 3.05) is 6.54 Å². The van der Waals surface area contributed by atoms with Crippen LogP contribution in [0.3, 0.4) is 0 Å². The molecular weight excluding hydrogens is 867 g/mol. The average Bonchev–Trinajstić information content (AvgIpc) is 4.14. The number of amides is 1. The maximum absolute atomic E-state index is 14.4. The van der Waals surface area contributed by atoms with Gasteiger partial charge >= 0.3 is 0 Å². The van der Waals surface area contributed by atoms with Crippen LogP contribution in [0.2, 0.25) is 0 Å². The lowest BCUT2D eigenvalue weighted by Gasteiger charge is -2.18. The number of unbranched alkanes of at least 4 members (excludes halogenated alkanes) is 29. The first kappa shape index (κ1) is 54.0. The second-order valence-electron chi connectivity index (χ2n) is 19.7. The Morgan fingerprint density at radius 2 is 0.815 bits per heavy atom. The average molecular weight is 959 g/mol. The Labute approximate surface area is 415 Å². The first-order chi connectivity index (χ1) is 31.9. The van der Waals surface area contributed by atoms with Gasteiger partial charge in [-0.3, -0.25) is 4.79 Å². The molecule has 0 fully saturated rings. The van der Waals surface area contributed by atoms with Crippen molar-refractivity contribution in [3.05, 3.63) is 62.9 Å². The van der Waals surface area contributed by atoms with E-state index in [2.05, 4.69) is 65.5 Å². The maximum atomic E-state index is 14.4. The van der Waals surface area contributed by atoms with Crippen LogP contribution < -0.4 is 0 Å². The lowest BCUT2D eigenvalue weighted by atomic mass is 10.0. The molecule has 0 atom stereocenters. The van der Waals surface area contributed by atoms with E-state index in [9.17, 15) is 4.79 Å². The van der Waals surface area contributed by atoms with Crippen LogP contribution in [0.15, 0.2) is 30.8 Å². The molecule has 0 N–H and O–H groups in total. The third kappa shape index (κ3) is 17.5. The number of carbonyl (C=O) groups excluding carboxylic acids is 1. The third-order valence-corrected chi connectivity index (χ3v) is 19.1. The fraction of sp³-hybridized carbons (Fsp3) is 0.678. The van der Waals surface area contributed by atoms with Gasteiger partial charge < -0.3 is 4.90 Å². The topological polar surface area (TPSA) is 20.3 Å². The van der Waals surface area contributed by atoms with Crippen molar-refractivity contribution < 1.29 is 4.79 Å². The quantitative estimate of drug-likeness (QED) is 0.0410. The minimum Gasteiger partial charge on any atom is -0.308 e. The molecule has 65 heavy (non-hydrogen) atoms. The maximum Gasteiger partial charge on any atom is 0.260 e. The summed E-state index contributed by atoms with van der Waals surface area (Å²) in [4.78, 5) is 27.2. The molecule has 5 rings (SSSR count). The van der Waals surface area contributed by atoms with Crippen LogP contribution in [0.1, 0.15) is 263 Å². The molecule has 0 bridgehead atoms. The van der Waals surface area contributed by atoms with E-state index in [4.69, 9.17) is 0 Å². The molecule has 4 aromatic heterocycles. The van der Waals surface area contributed by atoms with Crippen molar-refractivity contribution in [2.24, 2.45) is 0 Å². The largest absolute Gasteiger partial charge is 0.308 e. The Kier molecular flexibility index (Phi) is 25.9. The molecule has 1 aliphatic rings. The van der Waals surface area contributed by atoms with Gasteiger partial charge in [-0.05, 0) is 81.3 Å². The highest BCUT2D eigenvalue weighted by atomic mass is 32.1. The number of nitrogens with zero attached hydrogens (tertiary/aromatic N) is 1. The van der Waals surface area contributed by atoms with Crippen molar-refractivity contribution in [2.45, 2.75) is 253 Å². The van der Waals surface area contributed by atoms with Gasteiger partial charge in [0, 0.05) is 51.9 Å². The van der Waals surface area contributed by atoms with E-state index in [-0.39, 0.29) is 5.91 Å². The first-order valence-electron chi connectivity index (χ1n) is 27.3. The molecule has 0 aromatic carbocycles. The molecule has 1 amide bonds. The molecule has 6 heteroatoms. The lowest BCUT2D eigenvalue weighted by molar-refractivity contribution is 0.0849. The number of aryl methyl sites for hydroxylation is 4. The first-order valence-corrected chi connectivity index (χ1v) is 30.6. The normalized spacial score (nSPS) is 12.7. The van der Waals surface area contributed by atoms with Gasteiger partial charge in [0.25, 0.3) is 5.91 Å². The van der Waals surface area contributed by atoms with Gasteiger partial charge in [-0.1, -0.05) is 214 Å². The number of fused-ring (bicyclic) bond motifs is 1. The van der Waals surface area contributed by atoms with Crippen molar-refractivity contribution in [1.82, 2.24) is 4.90 Å². The molecule has 4 aromatic rings. The molecule has 0 unspecified atom stereocenters. The second kappa shape index (κ2) is 31.2. The van der Waals surface area contributed by atoms with E-state index in [0.717, 1.165) is 36.2 Å². The molecule has 0 aliphatic carbocycles. The zero-order valence-corrected chi connectivity index (χ0v) is 45.5. The van der Waals surface area contributed by atoms with Crippen molar-refractivity contribution >= 4 is 57.0 Å². The van der Waals surface area contributed by atoms with Crippen LogP contribution in [0, 0.1) is 13.8 Å². The summed E-state index contributed by atoms with van der Waals surface area (Å²) in [5.74, 6) is 0.187. The molecule has 0 radical (unpaired) electrons. The zero-order chi connectivity index (χ0) is 46.1. The summed E-state index contributed by atoms with van der Waals surface area (Å²) in [6.07, 6.45) is 45.6. The molecular formula is C59H91NOS4. The third-order valence-electron chi connectivity index (χ3n) is 14.1. The zero-order valence-electron chi connectivity index (χ0n) is 42.3. The number of rotatable bonds is 38. The van der Waals surface area contributed by atoms with Gasteiger partial charge in [0.2, 0.25) is 0 Å². The number of hydrogen-bond acceptors (Lipinski definition) is 5. The highest BCUT2D eigenvalue weighted by Gasteiger charge is 2.37. The van der Waals surface area contributed by atoms with E-state index in [1.165, 1.54) is 250 Å². The SMILES string of the molecule is C=C1c2c(C)sc(-c3sc(-c4ccc(-c5cc(CCCCCCCCCCCC)c(C)s5)s4)cc3CCCCCCCCCCCC)c2C(=O)N1CCCCCCCCCCCCCC. The number of hydrogen-bond donors (Lipinski definition) is 0. The Hall–Kier alpha value is -1.99. The molecule has 362 valence electrons. The summed E-state index contributed by atoms with van der Waals surface area (Å²) < 4.78 is 0. The standard InChI is InChI=1S/C59H91NOS4/c1-7-10-13-16-19-22-25-26-29-32-35-38-43-60-46(4)55-48(6)63-58(56(55)59(60)61)57-50(40-37-34-31-28-24-21-18-15-12-9-3)45-54(65-57)52-42-41-51(64-52)53-44-49(47(5)62-53)39-36-33-30-27-23-20-17-14-11-8-2/h41-42,44-45H,4,7-40,43H2,1-3,5-6H3. The summed E-state index contributed by atoms with van der Waals surface area (Å²) >= 11 is 7.71. The van der Waals surface area contributed by atoms with Crippen LogP contribution in [0.25, 0.3) is 35.0 Å². The number of carbonyl (C=O) groups is 1. The highest BCUT2D eigenvalue weighted by Crippen LogP contribution is 2.51. The van der Waals surface area contributed by atoms with Crippen LogP contribution >= 0.6 is 45.3 Å². The molecule has 0 spiro atoms. The predicted molar refractivity (Wildman–Crippen MR) is 296 cm³/mol. The highest BCUT2D eigenvalue weighted by molar-refractivity contribution is 7.28. The Morgan fingerprint density at radius 3 is 1.29 bits per heavy atom. The summed E-state index contributed by atoms with van der Waals surface area (Å²) in [6.45, 7) is 16.8. The van der Waals surface area contributed by atoms with E-state index in [1.54, 1.807) is 5.56 Å². The second-order valence-corrected chi connectivity index (χ2v) is 24.3. The Bertz CT molecular complexity index is 1940. The van der Waals surface area contributed by atoms with Crippen molar-refractivity contribution in [1.29, 1.82) is 0 Å². The molecule has 0 saturated heterocycles. The Balaban J connectivity index is 1.21. The van der Waals surface area contributed by atoms with Gasteiger partial charge in [-0.2, -0.15) is 0 Å². The molecule has 2 nitrogen and oxygen atoms in total. The Morgan fingerprint density at radius 1 is 0.415 bits per heavy atom. The summed E-state index contributed by atoms with van der Waals surface area (Å²) in [5.41, 5.74) is 5.98. The van der Waals surface area contributed by atoms with Gasteiger partial charge in [-0.25, -0.2) is 0 Å². The lowest BCUT2D eigenvalue weighted by Crippen LogP contribution is -2.24. The number of thiophene rings is 4. The smallest absolute Gasteiger partial charge is 0.260 e. The van der Waals surface area contributed by atoms with Gasteiger partial charge in [0.15, 0.2) is 0 Å². The van der Waals surface area contributed by atoms with Crippen molar-refractivity contribution in [3.8, 4) is 29.3 Å². The van der Waals surface area contributed by atoms with E-state index < -0.39 is 0 Å². The van der Waals surface area contributed by atoms with Gasteiger partial charge in [0.05, 0.1) is 10.4 Å². The minimum atomic E-state index is 0.187. The monoisotopic (exact) mass is 958 g/mol. The van der Waals surface area contributed by atoms with Crippen LogP contribution in [0.4, 0.5) is 0 Å². The van der Waals surface area contributed by atoms with Gasteiger partial charge in [-0.15, -0.1) is 45.3 Å². The van der Waals surface area contributed by atoms with Crippen molar-refractivity contribution in [3.63, 3.8) is 0 Å². The van der Waals surface area contributed by atoms with Gasteiger partial charge in [0.1, 0.15) is 0 Å². The van der Waals surface area contributed by atoms with Crippen LogP contribution in [-0.4, -0.2) is 17.4 Å². The van der Waals surface area contributed by atoms with Crippen LogP contribution in [-0.2, 0) is 12.8 Å². The van der Waals surface area contributed by atoms with E-state index >= 15 is 0 Å². The molecule has 0 saturated carbocycles. The van der Waals surface area contributed by atoms with Crippen LogP contribution in [0.5, 0.6) is 0 Å². The summed E-state index contributed by atoms with van der Waals surface area (Å²) in [6, 6.07) is 9.73. The van der Waals surface area contributed by atoms with E-state index in [1.807, 2.05) is 50.2 Å². The fourth-order valence-corrected chi connectivity index (χ4v) is 14.8. The fourth-order valence-electron chi connectivity index (χ4n) is 10.0. The summed E-state index contributed by atoms with van der Waals surface area (Å²) in [7, 11) is 0. The summed E-state index contributed by atoms with van der Waals surface area (Å²) in [5, 5.41) is 0. The minimum absolute atomic E-state index is 0.187. The molecule has 5 heterocycles. The van der Waals surface area contributed by atoms with E-state index in [0.29, 0.717) is 0 Å².